The summed E-state index contributed by atoms with van der Waals surface area (Å²) >= 11 is 0. The maximum atomic E-state index is 14.7. The fourth-order valence-electron chi connectivity index (χ4n) is 4.34. The van der Waals surface area contributed by atoms with Gasteiger partial charge in [0.25, 0.3) is 0 Å². The first kappa shape index (κ1) is 18.9. The number of nitrogens with one attached hydrogen (secondary N) is 1. The van der Waals surface area contributed by atoms with Gasteiger partial charge in [-0.1, -0.05) is 12.5 Å². The summed E-state index contributed by atoms with van der Waals surface area (Å²) in [5.74, 6) is 0.382. The Labute approximate surface area is 173 Å². The van der Waals surface area contributed by atoms with Crippen LogP contribution in [0.15, 0.2) is 48.8 Å². The largest absolute Gasteiger partial charge is 0.507 e. The predicted molar refractivity (Wildman–Crippen MR) is 109 cm³/mol. The molecule has 0 saturated carbocycles. The maximum Gasteiger partial charge on any atom is 0.233 e. The smallest absolute Gasteiger partial charge is 0.233 e. The molecular formula is C22H22FN5O2. The van der Waals surface area contributed by atoms with Gasteiger partial charge in [-0.3, -0.25) is 0 Å². The number of halogens is 1. The number of ether oxygens (including phenoxy) is 1. The van der Waals surface area contributed by atoms with Gasteiger partial charge in [-0.15, -0.1) is 10.2 Å². The molecule has 5 rings (SSSR count). The number of alkyl halides is 1. The molecule has 3 aromatic rings. The number of hydrogen-bond acceptors (Lipinski definition) is 7. The zero-order valence-corrected chi connectivity index (χ0v) is 16.3. The van der Waals surface area contributed by atoms with Gasteiger partial charge in [0.2, 0.25) is 5.88 Å². The van der Waals surface area contributed by atoms with E-state index in [0.717, 1.165) is 30.4 Å². The molecule has 4 heterocycles. The highest BCUT2D eigenvalue weighted by Crippen LogP contribution is 2.33. The maximum absolute atomic E-state index is 14.7. The Morgan fingerprint density at radius 2 is 1.97 bits per heavy atom. The van der Waals surface area contributed by atoms with E-state index in [-0.39, 0.29) is 11.8 Å². The Kier molecular flexibility index (Phi) is 5.00. The topological polar surface area (TPSA) is 93.1 Å². The minimum Gasteiger partial charge on any atom is -0.507 e. The van der Waals surface area contributed by atoms with Crippen LogP contribution in [0.3, 0.4) is 0 Å². The van der Waals surface area contributed by atoms with E-state index in [0.29, 0.717) is 29.6 Å². The van der Waals surface area contributed by atoms with Crippen molar-refractivity contribution in [3.05, 3.63) is 48.8 Å². The van der Waals surface area contributed by atoms with E-state index >= 15 is 0 Å². The minimum absolute atomic E-state index is 0.0854. The number of aromatic nitrogens is 4. The van der Waals surface area contributed by atoms with Crippen molar-refractivity contribution >= 4 is 0 Å². The highest BCUT2D eigenvalue weighted by Gasteiger charge is 2.41. The third-order valence-corrected chi connectivity index (χ3v) is 5.88. The van der Waals surface area contributed by atoms with E-state index in [1.807, 2.05) is 12.1 Å². The van der Waals surface area contributed by atoms with Crippen LogP contribution in [0.1, 0.15) is 25.7 Å². The van der Waals surface area contributed by atoms with E-state index in [1.54, 1.807) is 36.7 Å². The lowest BCUT2D eigenvalue weighted by atomic mass is 9.84. The highest BCUT2D eigenvalue weighted by molar-refractivity contribution is 5.73. The van der Waals surface area contributed by atoms with Gasteiger partial charge in [0.15, 0.2) is 6.17 Å². The first-order valence-electron chi connectivity index (χ1n) is 10.2. The van der Waals surface area contributed by atoms with Crippen molar-refractivity contribution in [2.45, 2.75) is 50.0 Å². The van der Waals surface area contributed by atoms with Crippen molar-refractivity contribution in [3.8, 4) is 34.0 Å². The summed E-state index contributed by atoms with van der Waals surface area (Å²) in [5, 5.41) is 29.7. The molecule has 2 N–H and O–H groups in total. The number of rotatable bonds is 4. The number of nitrogens with zero attached hydrogens (tertiary/aromatic N) is 4. The summed E-state index contributed by atoms with van der Waals surface area (Å²) in [6, 6.07) is 10.7. The molecule has 30 heavy (non-hydrogen) atoms. The molecule has 2 bridgehead atoms. The molecule has 2 aliphatic rings. The van der Waals surface area contributed by atoms with Crippen LogP contribution in [-0.2, 0) is 0 Å². The summed E-state index contributed by atoms with van der Waals surface area (Å²) in [6.07, 6.45) is 5.25. The second-order valence-electron chi connectivity index (χ2n) is 7.86. The number of phenols is 1. The van der Waals surface area contributed by atoms with Crippen LogP contribution in [0.2, 0.25) is 0 Å². The average Bonchev–Trinajstić information content (AvgIpc) is 2.79. The lowest BCUT2D eigenvalue weighted by Gasteiger charge is -2.42. The fourth-order valence-corrected chi connectivity index (χ4v) is 4.34. The summed E-state index contributed by atoms with van der Waals surface area (Å²) in [7, 11) is 0. The third kappa shape index (κ3) is 3.70. The standard InChI is InChI=1S/C22H22FN5O2/c23-22-18-3-1-2-15(26-18)11-20(22)30-21-7-6-17(27-28-21)16-5-4-13(10-19(16)29)14-8-9-24-25-12-14/h4-10,12,15,18,20,22,26,29H,1-3,11H2/t15?,18?,20-,22+/m0/s1. The van der Waals surface area contributed by atoms with Crippen molar-refractivity contribution in [3.63, 3.8) is 0 Å². The lowest BCUT2D eigenvalue weighted by molar-refractivity contribution is 0.00652. The Bertz CT molecular complexity index is 1020. The molecule has 0 radical (unpaired) electrons. The zero-order chi connectivity index (χ0) is 20.5. The molecule has 0 aliphatic carbocycles. The Balaban J connectivity index is 1.31. The van der Waals surface area contributed by atoms with Gasteiger partial charge in [0.05, 0.1) is 18.1 Å². The number of piperidine rings is 2. The van der Waals surface area contributed by atoms with Gasteiger partial charge >= 0.3 is 0 Å². The van der Waals surface area contributed by atoms with Crippen molar-refractivity contribution < 1.29 is 14.2 Å². The molecule has 2 aliphatic heterocycles. The molecule has 2 saturated heterocycles. The SMILES string of the molecule is Oc1cc(-c2ccnnc2)ccc1-c1ccc(O[C@H]2CC3CCCC(N3)[C@H]2F)nn1. The number of aromatic hydroxyl groups is 1. The first-order valence-corrected chi connectivity index (χ1v) is 10.2. The van der Waals surface area contributed by atoms with E-state index in [1.165, 1.54) is 0 Å². The van der Waals surface area contributed by atoms with Crippen molar-refractivity contribution in [2.75, 3.05) is 0 Å². The molecule has 154 valence electrons. The number of benzene rings is 1. The van der Waals surface area contributed by atoms with Crippen molar-refractivity contribution in [1.82, 2.24) is 25.7 Å². The second kappa shape index (κ2) is 7.95. The van der Waals surface area contributed by atoms with Gasteiger partial charge in [0, 0.05) is 35.7 Å². The predicted octanol–water partition coefficient (Wildman–Crippen LogP) is 3.31. The molecule has 8 heteroatoms. The Morgan fingerprint density at radius 3 is 2.73 bits per heavy atom. The quantitative estimate of drug-likeness (QED) is 0.685. The van der Waals surface area contributed by atoms with Crippen LogP contribution in [-0.4, -0.2) is 49.9 Å². The second-order valence-corrected chi connectivity index (χ2v) is 7.86. The monoisotopic (exact) mass is 407 g/mol. The van der Waals surface area contributed by atoms with Crippen LogP contribution in [0.5, 0.6) is 11.6 Å². The molecule has 2 fully saturated rings. The van der Waals surface area contributed by atoms with Crippen LogP contribution < -0.4 is 10.1 Å². The van der Waals surface area contributed by atoms with Gasteiger partial charge in [-0.05, 0) is 42.7 Å². The van der Waals surface area contributed by atoms with Gasteiger partial charge in [0.1, 0.15) is 11.9 Å². The zero-order valence-electron chi connectivity index (χ0n) is 16.3. The Morgan fingerprint density at radius 1 is 1.03 bits per heavy atom. The molecule has 1 aromatic carbocycles. The van der Waals surface area contributed by atoms with Gasteiger partial charge in [-0.2, -0.15) is 10.2 Å². The summed E-state index contributed by atoms with van der Waals surface area (Å²) < 4.78 is 20.5. The van der Waals surface area contributed by atoms with E-state index in [2.05, 4.69) is 25.7 Å². The molecule has 0 amide bonds. The third-order valence-electron chi connectivity index (χ3n) is 5.88. The fraction of sp³-hybridized carbons (Fsp3) is 0.364. The van der Waals surface area contributed by atoms with E-state index in [4.69, 9.17) is 4.74 Å². The van der Waals surface area contributed by atoms with E-state index in [9.17, 15) is 9.50 Å². The lowest BCUT2D eigenvalue weighted by Crippen LogP contribution is -2.59. The van der Waals surface area contributed by atoms with Crippen LogP contribution in [0.4, 0.5) is 4.39 Å². The molecule has 0 spiro atoms. The van der Waals surface area contributed by atoms with Crippen molar-refractivity contribution in [1.29, 1.82) is 0 Å². The summed E-state index contributed by atoms with van der Waals surface area (Å²) in [4.78, 5) is 0. The minimum atomic E-state index is -1.05. The summed E-state index contributed by atoms with van der Waals surface area (Å²) in [6.45, 7) is 0. The van der Waals surface area contributed by atoms with Gasteiger partial charge in [-0.25, -0.2) is 4.39 Å². The van der Waals surface area contributed by atoms with Crippen LogP contribution in [0, 0.1) is 0 Å². The number of hydrogen-bond donors (Lipinski definition) is 2. The molecular weight excluding hydrogens is 385 g/mol. The number of fused-ring (bicyclic) bond motifs is 2. The molecule has 2 unspecified atom stereocenters. The molecule has 4 atom stereocenters. The Hall–Kier alpha value is -3.13. The average molecular weight is 407 g/mol. The number of phenolic OH excluding ortho intramolecular Hbond substituents is 1. The van der Waals surface area contributed by atoms with Crippen LogP contribution in [0.25, 0.3) is 22.4 Å². The molecule has 2 aromatic heterocycles. The van der Waals surface area contributed by atoms with Gasteiger partial charge < -0.3 is 15.2 Å². The van der Waals surface area contributed by atoms with E-state index < -0.39 is 12.3 Å². The normalized spacial score (nSPS) is 25.6. The molecule has 7 nitrogen and oxygen atoms in total. The highest BCUT2D eigenvalue weighted by atomic mass is 19.1. The summed E-state index contributed by atoms with van der Waals surface area (Å²) in [5.41, 5.74) is 2.75. The van der Waals surface area contributed by atoms with Crippen molar-refractivity contribution in [2.24, 2.45) is 0 Å². The van der Waals surface area contributed by atoms with Crippen LogP contribution >= 0.6 is 0 Å². The first-order chi connectivity index (χ1) is 14.7.